The van der Waals surface area contributed by atoms with Gasteiger partial charge in [0, 0.05) is 28.5 Å². The van der Waals surface area contributed by atoms with Crippen molar-refractivity contribution in [1.29, 1.82) is 0 Å². The van der Waals surface area contributed by atoms with E-state index in [0.29, 0.717) is 39.4 Å². The molecular weight excluding hydrogens is 568 g/mol. The number of phenolic OH excluding ortho intramolecular Hbond substituents is 3. The van der Waals surface area contributed by atoms with Crippen molar-refractivity contribution in [2.45, 2.75) is 20.8 Å². The Hall–Kier alpha value is -4.92. The Morgan fingerprint density at radius 3 is 1.80 bits per heavy atom. The van der Waals surface area contributed by atoms with Crippen molar-refractivity contribution >= 4 is 44.9 Å². The summed E-state index contributed by atoms with van der Waals surface area (Å²) in [5.74, 6) is 0.0283. The van der Waals surface area contributed by atoms with E-state index in [4.69, 9.17) is 0 Å². The van der Waals surface area contributed by atoms with Crippen LogP contribution in [-0.2, 0) is 17.1 Å². The molecule has 0 aliphatic rings. The van der Waals surface area contributed by atoms with E-state index in [1.165, 1.54) is 6.07 Å². The molecule has 0 bridgehead atoms. The normalized spacial score (nSPS) is 11.6. The smallest absolute Gasteiger partial charge is 0.151 e. The van der Waals surface area contributed by atoms with E-state index in [0.717, 1.165) is 16.5 Å². The molecule has 209 valence electrons. The Balaban J connectivity index is 0.00000387. The van der Waals surface area contributed by atoms with Crippen molar-refractivity contribution in [1.82, 2.24) is 0 Å². The number of hydrogen-bond acceptors (Lipinski definition) is 9. The number of aryl methyl sites for hydroxylation is 3. The van der Waals surface area contributed by atoms with E-state index in [-0.39, 0.29) is 40.0 Å². The number of phenols is 3. The number of hydrogen-bond donors (Lipinski definition) is 3. The SMILES string of the molecule is Cc1ccc(N=Nc2cc(O)c(N=Nc3c(C)cc4cc(N=Nc5ccc(O)cc5)ccc4c3O)cc2C)cc1.[Cu]. The van der Waals surface area contributed by atoms with Gasteiger partial charge in [-0.25, -0.2) is 0 Å². The zero-order valence-corrected chi connectivity index (χ0v) is 23.4. The summed E-state index contributed by atoms with van der Waals surface area (Å²) in [6.45, 7) is 5.66. The molecule has 0 atom stereocenters. The summed E-state index contributed by atoms with van der Waals surface area (Å²) in [6.07, 6.45) is 0. The van der Waals surface area contributed by atoms with Crippen LogP contribution in [-0.4, -0.2) is 15.3 Å². The average Bonchev–Trinajstić information content (AvgIpc) is 2.94. The summed E-state index contributed by atoms with van der Waals surface area (Å²) in [5, 5.41) is 57.7. The number of aromatic hydroxyl groups is 3. The van der Waals surface area contributed by atoms with Crippen molar-refractivity contribution in [2.24, 2.45) is 30.7 Å². The Morgan fingerprint density at radius 2 is 1.10 bits per heavy atom. The van der Waals surface area contributed by atoms with Gasteiger partial charge in [0.25, 0.3) is 0 Å². The Labute approximate surface area is 247 Å². The standard InChI is InChI=1S/C31H26N6O3.Cu/c1-18-4-6-22(7-5-18)33-35-27-17-29(39)28(15-19(27)2)36-37-30-20(3)14-21-16-24(10-13-26(21)31(30)40)34-32-23-8-11-25(38)12-9-23;/h4-17,38-40H,1-3H3;. The molecule has 9 nitrogen and oxygen atoms in total. The fourth-order valence-corrected chi connectivity index (χ4v) is 4.01. The maximum absolute atomic E-state index is 11.0. The first-order chi connectivity index (χ1) is 19.3. The number of nitrogens with zero attached hydrogens (tertiary/aromatic N) is 6. The van der Waals surface area contributed by atoms with Crippen molar-refractivity contribution < 1.29 is 32.4 Å². The van der Waals surface area contributed by atoms with Crippen LogP contribution in [0.3, 0.4) is 0 Å². The summed E-state index contributed by atoms with van der Waals surface area (Å²) in [7, 11) is 0. The van der Waals surface area contributed by atoms with Gasteiger partial charge in [0.05, 0.1) is 22.7 Å². The van der Waals surface area contributed by atoms with Gasteiger partial charge < -0.3 is 15.3 Å². The van der Waals surface area contributed by atoms with Gasteiger partial charge in [0.1, 0.15) is 22.9 Å². The summed E-state index contributed by atoms with van der Waals surface area (Å²) in [6, 6.07) is 24.4. The molecule has 0 spiro atoms. The molecule has 5 rings (SSSR count). The van der Waals surface area contributed by atoms with Crippen molar-refractivity contribution in [3.63, 3.8) is 0 Å². The molecule has 10 heteroatoms. The second-order valence-electron chi connectivity index (χ2n) is 9.38. The molecular formula is C31H26CuN6O3. The van der Waals surface area contributed by atoms with Crippen molar-refractivity contribution in [3.8, 4) is 17.2 Å². The summed E-state index contributed by atoms with van der Waals surface area (Å²) in [4.78, 5) is 0. The molecule has 5 aromatic carbocycles. The third-order valence-electron chi connectivity index (χ3n) is 6.25. The van der Waals surface area contributed by atoms with E-state index < -0.39 is 0 Å². The third-order valence-corrected chi connectivity index (χ3v) is 6.25. The molecule has 0 aromatic heterocycles. The van der Waals surface area contributed by atoms with Gasteiger partial charge in [-0.2, -0.15) is 20.5 Å². The first kappa shape index (κ1) is 29.1. The topological polar surface area (TPSA) is 135 Å². The zero-order valence-electron chi connectivity index (χ0n) is 22.4. The quantitative estimate of drug-likeness (QED) is 0.133. The molecule has 1 radical (unpaired) electrons. The van der Waals surface area contributed by atoms with Crippen LogP contribution >= 0.6 is 0 Å². The van der Waals surface area contributed by atoms with Gasteiger partial charge in [0.15, 0.2) is 5.75 Å². The second-order valence-corrected chi connectivity index (χ2v) is 9.38. The average molecular weight is 594 g/mol. The van der Waals surface area contributed by atoms with Crippen LogP contribution in [0.1, 0.15) is 16.7 Å². The largest absolute Gasteiger partial charge is 0.508 e. The zero-order chi connectivity index (χ0) is 28.2. The molecule has 0 saturated heterocycles. The molecule has 0 unspecified atom stereocenters. The van der Waals surface area contributed by atoms with Gasteiger partial charge in [0.2, 0.25) is 0 Å². The molecule has 5 aromatic rings. The van der Waals surface area contributed by atoms with Crippen molar-refractivity contribution in [3.05, 3.63) is 102 Å². The third kappa shape index (κ3) is 6.81. The number of benzene rings is 5. The molecule has 0 heterocycles. The summed E-state index contributed by atoms with van der Waals surface area (Å²) < 4.78 is 0. The van der Waals surface area contributed by atoms with Crippen LogP contribution in [0.15, 0.2) is 116 Å². The minimum Gasteiger partial charge on any atom is -0.508 e. The van der Waals surface area contributed by atoms with Crippen molar-refractivity contribution in [2.75, 3.05) is 0 Å². The molecule has 0 saturated carbocycles. The van der Waals surface area contributed by atoms with E-state index >= 15 is 0 Å². The Bertz CT molecular complexity index is 1800. The predicted octanol–water partition coefficient (Wildman–Crippen LogP) is 10.1. The van der Waals surface area contributed by atoms with Crippen LogP contribution in [0.5, 0.6) is 17.2 Å². The van der Waals surface area contributed by atoms with Gasteiger partial charge in [-0.3, -0.25) is 0 Å². The van der Waals surface area contributed by atoms with Gasteiger partial charge in [-0.15, -0.1) is 10.2 Å². The number of fused-ring (bicyclic) bond motifs is 1. The fraction of sp³-hybridized carbons (Fsp3) is 0.0968. The molecule has 3 N–H and O–H groups in total. The summed E-state index contributed by atoms with van der Waals surface area (Å²) >= 11 is 0. The first-order valence-electron chi connectivity index (χ1n) is 12.5. The van der Waals surface area contributed by atoms with Gasteiger partial charge >= 0.3 is 0 Å². The predicted molar refractivity (Wildman–Crippen MR) is 155 cm³/mol. The first-order valence-corrected chi connectivity index (χ1v) is 12.5. The van der Waals surface area contributed by atoms with Crippen LogP contribution in [0, 0.1) is 20.8 Å². The maximum atomic E-state index is 11.0. The summed E-state index contributed by atoms with van der Waals surface area (Å²) in [5.41, 5.74) is 5.57. The van der Waals surface area contributed by atoms with Crippen LogP contribution < -0.4 is 0 Å². The minimum absolute atomic E-state index is 0. The van der Waals surface area contributed by atoms with Gasteiger partial charge in [-0.1, -0.05) is 17.7 Å². The van der Waals surface area contributed by atoms with E-state index in [1.54, 1.807) is 42.5 Å². The second kappa shape index (κ2) is 12.5. The number of azo groups is 3. The van der Waals surface area contributed by atoms with E-state index in [9.17, 15) is 15.3 Å². The molecule has 0 amide bonds. The Morgan fingerprint density at radius 1 is 0.512 bits per heavy atom. The van der Waals surface area contributed by atoms with E-state index in [2.05, 4.69) is 30.7 Å². The van der Waals surface area contributed by atoms with Crippen LogP contribution in [0.4, 0.5) is 34.1 Å². The maximum Gasteiger partial charge on any atom is 0.151 e. The minimum atomic E-state index is -0.103. The molecule has 41 heavy (non-hydrogen) atoms. The molecule has 0 fully saturated rings. The molecule has 0 aliphatic heterocycles. The molecule has 0 aliphatic carbocycles. The van der Waals surface area contributed by atoms with Gasteiger partial charge in [-0.05, 0) is 104 Å². The van der Waals surface area contributed by atoms with E-state index in [1.807, 2.05) is 57.2 Å². The fourth-order valence-electron chi connectivity index (χ4n) is 4.01. The monoisotopic (exact) mass is 593 g/mol. The Kier molecular flexibility index (Phi) is 8.87. The van der Waals surface area contributed by atoms with Crippen LogP contribution in [0.25, 0.3) is 10.8 Å². The van der Waals surface area contributed by atoms with Crippen LogP contribution in [0.2, 0.25) is 0 Å². The number of rotatable bonds is 6.